The summed E-state index contributed by atoms with van der Waals surface area (Å²) in [4.78, 5) is 25.4. The molecule has 7 rings (SSSR count). The molecule has 12 N–H and O–H groups in total. The molecule has 0 amide bonds. The zero-order valence-corrected chi connectivity index (χ0v) is 27.5. The number of rotatable bonds is 4. The molecule has 0 unspecified atom stereocenters. The molecule has 0 bridgehead atoms. The van der Waals surface area contributed by atoms with Crippen LogP contribution in [0.4, 0.5) is 0 Å². The zero-order chi connectivity index (χ0) is 39.3. The number of aliphatic hydroxyl groups is 3. The van der Waals surface area contributed by atoms with Crippen molar-refractivity contribution in [1.29, 1.82) is 0 Å². The first kappa shape index (κ1) is 36.9. The summed E-state index contributed by atoms with van der Waals surface area (Å²) < 4.78 is 22.0. The lowest BCUT2D eigenvalue weighted by Gasteiger charge is -2.38. The van der Waals surface area contributed by atoms with E-state index in [1.807, 2.05) is 0 Å². The zero-order valence-electron chi connectivity index (χ0n) is 27.5. The van der Waals surface area contributed by atoms with E-state index < -0.39 is 81.8 Å². The summed E-state index contributed by atoms with van der Waals surface area (Å²) in [6.45, 7) is 1.42. The van der Waals surface area contributed by atoms with Crippen molar-refractivity contribution in [2.75, 3.05) is 0 Å². The second kappa shape index (κ2) is 13.9. The topological polar surface area (TPSA) is 322 Å². The molecule has 18 heteroatoms. The molecule has 18 nitrogen and oxygen atoms in total. The molecule has 2 aromatic heterocycles. The van der Waals surface area contributed by atoms with Crippen LogP contribution in [-0.4, -0.2) is 92.0 Å². The van der Waals surface area contributed by atoms with Crippen molar-refractivity contribution in [3.05, 3.63) is 81.1 Å². The fourth-order valence-electron chi connectivity index (χ4n) is 5.59. The van der Waals surface area contributed by atoms with Gasteiger partial charge in [0.15, 0.2) is 34.5 Å². The third-order valence-corrected chi connectivity index (χ3v) is 8.37. The summed E-state index contributed by atoms with van der Waals surface area (Å²) in [5, 5.41) is 117. The molecule has 0 saturated carbocycles. The third-order valence-electron chi connectivity index (χ3n) is 8.37. The van der Waals surface area contributed by atoms with Crippen molar-refractivity contribution in [3.8, 4) is 80.1 Å². The summed E-state index contributed by atoms with van der Waals surface area (Å²) in [6, 6.07) is 11.2. The molecule has 1 aliphatic heterocycles. The van der Waals surface area contributed by atoms with Crippen LogP contribution in [0.3, 0.4) is 0 Å². The van der Waals surface area contributed by atoms with Crippen molar-refractivity contribution < 1.29 is 79.6 Å². The molecular formula is C36H30O18. The summed E-state index contributed by atoms with van der Waals surface area (Å²) in [5.74, 6) is -5.51. The van der Waals surface area contributed by atoms with E-state index in [-0.39, 0.29) is 61.8 Å². The minimum absolute atomic E-state index is 0.0658. The maximum absolute atomic E-state index is 13.2. The second-order valence-electron chi connectivity index (χ2n) is 12.1. The molecule has 0 spiro atoms. The van der Waals surface area contributed by atoms with Gasteiger partial charge in [0.2, 0.25) is 28.6 Å². The van der Waals surface area contributed by atoms with E-state index >= 15 is 0 Å². The Bertz CT molecular complexity index is 2540. The molecule has 1 saturated heterocycles. The van der Waals surface area contributed by atoms with Crippen molar-refractivity contribution in [2.45, 2.75) is 37.6 Å². The number of benzene rings is 4. The first-order valence-corrected chi connectivity index (χ1v) is 15.6. The summed E-state index contributed by atoms with van der Waals surface area (Å²) in [5.41, 5.74) is -1.94. The van der Waals surface area contributed by atoms with E-state index in [9.17, 15) is 70.9 Å². The van der Waals surface area contributed by atoms with Gasteiger partial charge in [-0.15, -0.1) is 0 Å². The van der Waals surface area contributed by atoms with Gasteiger partial charge < -0.3 is 79.6 Å². The van der Waals surface area contributed by atoms with Crippen LogP contribution in [-0.2, 0) is 4.74 Å². The Kier molecular flexibility index (Phi) is 9.53. The Morgan fingerprint density at radius 2 is 1.02 bits per heavy atom. The van der Waals surface area contributed by atoms with Crippen molar-refractivity contribution in [2.24, 2.45) is 0 Å². The molecule has 3 heterocycles. The highest BCUT2D eigenvalue weighted by molar-refractivity contribution is 5.89. The minimum Gasteiger partial charge on any atom is -0.508 e. The molecule has 4 aromatic carbocycles. The molecule has 1 fully saturated rings. The number of aliphatic hydroxyl groups excluding tert-OH is 3. The van der Waals surface area contributed by atoms with Gasteiger partial charge in [-0.25, -0.2) is 0 Å². The maximum atomic E-state index is 13.2. The van der Waals surface area contributed by atoms with E-state index in [4.69, 9.17) is 18.3 Å². The van der Waals surface area contributed by atoms with Crippen LogP contribution in [0.5, 0.6) is 57.5 Å². The summed E-state index contributed by atoms with van der Waals surface area (Å²) in [6.07, 6.45) is -7.35. The summed E-state index contributed by atoms with van der Waals surface area (Å²) >= 11 is 0. The van der Waals surface area contributed by atoms with Gasteiger partial charge in [0.1, 0.15) is 63.2 Å². The first-order chi connectivity index (χ1) is 25.5. The number of hydrogen-bond acceptors (Lipinski definition) is 18. The Morgan fingerprint density at radius 3 is 1.54 bits per heavy atom. The van der Waals surface area contributed by atoms with Crippen molar-refractivity contribution in [1.82, 2.24) is 0 Å². The highest BCUT2D eigenvalue weighted by Gasteiger charge is 2.44. The fourth-order valence-corrected chi connectivity index (χ4v) is 5.59. The largest absolute Gasteiger partial charge is 0.508 e. The number of aromatic hydroxyl groups is 9. The number of phenolic OH excluding ortho intramolecular Hbond substituents is 8. The molecule has 1 aliphatic rings. The number of hydrogen-bond donors (Lipinski definition) is 12. The molecule has 0 aliphatic carbocycles. The van der Waals surface area contributed by atoms with Crippen LogP contribution in [0.25, 0.3) is 44.6 Å². The van der Waals surface area contributed by atoms with Gasteiger partial charge in [-0.1, -0.05) is 0 Å². The SMILES string of the molecule is C[C@@H]1O[C@@H](Oc2c(-c3ccc(O)c(O)c3)oc3cc(O)cc(O)c3c2=O)[C@H](O)[C@H](O)[C@H]1O.O=c1c(O)c(-c2ccc(O)c(O)c2)oc2cc(O)cc(O)c12. The van der Waals surface area contributed by atoms with E-state index in [1.165, 1.54) is 19.1 Å². The molecular weight excluding hydrogens is 720 g/mol. The fraction of sp³-hybridized carbons (Fsp3) is 0.167. The minimum atomic E-state index is -1.74. The van der Waals surface area contributed by atoms with Gasteiger partial charge in [-0.3, -0.25) is 9.59 Å². The molecule has 6 aromatic rings. The highest BCUT2D eigenvalue weighted by atomic mass is 16.7. The van der Waals surface area contributed by atoms with Crippen LogP contribution < -0.4 is 15.6 Å². The molecule has 5 atom stereocenters. The van der Waals surface area contributed by atoms with Crippen molar-refractivity contribution >= 4 is 21.9 Å². The van der Waals surface area contributed by atoms with Gasteiger partial charge in [-0.05, 0) is 43.3 Å². The smallest absolute Gasteiger partial charge is 0.239 e. The van der Waals surface area contributed by atoms with Gasteiger partial charge in [-0.2, -0.15) is 0 Å². The lowest BCUT2D eigenvalue weighted by Crippen LogP contribution is -2.58. The van der Waals surface area contributed by atoms with E-state index in [0.717, 1.165) is 48.5 Å². The monoisotopic (exact) mass is 750 g/mol. The second-order valence-corrected chi connectivity index (χ2v) is 12.1. The highest BCUT2D eigenvalue weighted by Crippen LogP contribution is 2.40. The van der Waals surface area contributed by atoms with Gasteiger partial charge in [0.05, 0.1) is 6.10 Å². The first-order valence-electron chi connectivity index (χ1n) is 15.6. The number of phenols is 8. The van der Waals surface area contributed by atoms with Crippen LogP contribution in [0.2, 0.25) is 0 Å². The van der Waals surface area contributed by atoms with E-state index in [1.54, 1.807) is 0 Å². The summed E-state index contributed by atoms with van der Waals surface area (Å²) in [7, 11) is 0. The van der Waals surface area contributed by atoms with Crippen molar-refractivity contribution in [3.63, 3.8) is 0 Å². The quantitative estimate of drug-likeness (QED) is 0.115. The van der Waals surface area contributed by atoms with E-state index in [2.05, 4.69) is 0 Å². The van der Waals surface area contributed by atoms with Gasteiger partial charge in [0, 0.05) is 35.4 Å². The van der Waals surface area contributed by atoms with E-state index in [0.29, 0.717) is 0 Å². The molecule has 0 radical (unpaired) electrons. The van der Waals surface area contributed by atoms with Crippen LogP contribution >= 0.6 is 0 Å². The van der Waals surface area contributed by atoms with Crippen LogP contribution in [0, 0.1) is 0 Å². The predicted molar refractivity (Wildman–Crippen MR) is 184 cm³/mol. The Labute approximate surface area is 300 Å². The Hall–Kier alpha value is -6.86. The lowest BCUT2D eigenvalue weighted by atomic mass is 10.00. The van der Waals surface area contributed by atoms with Gasteiger partial charge in [0.25, 0.3) is 0 Å². The predicted octanol–water partition coefficient (Wildman–Crippen LogP) is 2.48. The maximum Gasteiger partial charge on any atom is 0.239 e. The lowest BCUT2D eigenvalue weighted by molar-refractivity contribution is -0.268. The number of fused-ring (bicyclic) bond motifs is 2. The van der Waals surface area contributed by atoms with Crippen LogP contribution in [0.15, 0.2) is 79.1 Å². The third kappa shape index (κ3) is 6.63. The van der Waals surface area contributed by atoms with Gasteiger partial charge >= 0.3 is 0 Å². The Morgan fingerprint density at radius 1 is 0.537 bits per heavy atom. The average molecular weight is 751 g/mol. The molecule has 282 valence electrons. The Balaban J connectivity index is 0.000000197. The number of ether oxygens (including phenoxy) is 2. The van der Waals surface area contributed by atoms with Crippen LogP contribution in [0.1, 0.15) is 6.92 Å². The standard InChI is InChI=1S/C21H20O11.C15H10O7/c1-7-15(26)17(28)18(29)21(30-7)32-20-16(27)14-12(25)5-9(22)6-13(14)31-19(20)8-2-3-10(23)11(24)4-8;16-7-4-10(19)12-11(5-7)22-15(14(21)13(12)20)6-1-2-8(17)9(18)3-6/h2-7,15,17-18,21-26,28-29H,1H3;1-5,16-19,21H/t7-,15-,17+,18+,21-;/m0./s1. The normalized spacial score (nSPS) is 19.7. The average Bonchev–Trinajstić information content (AvgIpc) is 3.10. The molecule has 54 heavy (non-hydrogen) atoms.